The van der Waals surface area contributed by atoms with Gasteiger partial charge in [-0.25, -0.2) is 0 Å². The van der Waals surface area contributed by atoms with Gasteiger partial charge in [-0.2, -0.15) is 0 Å². The number of carbonyl (C=O) groups excluding carboxylic acids is 1. The number of amidine groups is 1. The molecule has 1 rings (SSSR count). The number of oxime groups is 1. The topological polar surface area (TPSA) is 96.9 Å². The van der Waals surface area contributed by atoms with E-state index in [-0.39, 0.29) is 18.2 Å². The molecule has 0 spiro atoms. The highest BCUT2D eigenvalue weighted by Crippen LogP contribution is 2.27. The van der Waals surface area contributed by atoms with Crippen molar-refractivity contribution in [3.63, 3.8) is 0 Å². The molecule has 92 valence electrons. The Morgan fingerprint density at radius 1 is 1.65 bits per heavy atom. The highest BCUT2D eigenvalue weighted by Gasteiger charge is 2.07. The Kier molecular flexibility index (Phi) is 4.77. The second kappa shape index (κ2) is 6.09. The summed E-state index contributed by atoms with van der Waals surface area (Å²) in [6.07, 6.45) is -0.172. The van der Waals surface area contributed by atoms with Crippen molar-refractivity contribution in [1.29, 1.82) is 0 Å². The molecule has 0 radical (unpaired) electrons. The number of amides is 1. The summed E-state index contributed by atoms with van der Waals surface area (Å²) in [5.41, 5.74) is 5.78. The molecule has 1 aromatic carbocycles. The molecule has 0 atom stereocenters. The maximum Gasteiger partial charge on any atom is 0.232 e. The average Bonchev–Trinajstić information content (AvgIpc) is 2.31. The van der Waals surface area contributed by atoms with Crippen LogP contribution in [0.2, 0.25) is 0 Å². The SMILES string of the molecule is COc1cc(NC(=O)C/C(N)=N/O)ccc1Br. The first-order valence-electron chi connectivity index (χ1n) is 4.66. The molecule has 0 saturated heterocycles. The summed E-state index contributed by atoms with van der Waals surface area (Å²) in [5.74, 6) is 0.0860. The third kappa shape index (κ3) is 3.95. The number of hydrogen-bond donors (Lipinski definition) is 3. The molecule has 4 N–H and O–H groups in total. The van der Waals surface area contributed by atoms with Crippen LogP contribution in [0, 0.1) is 0 Å². The van der Waals surface area contributed by atoms with Gasteiger partial charge in [0.25, 0.3) is 0 Å². The van der Waals surface area contributed by atoms with Crippen LogP contribution in [0.5, 0.6) is 5.75 Å². The minimum Gasteiger partial charge on any atom is -0.495 e. The minimum absolute atomic E-state index is 0.147. The summed E-state index contributed by atoms with van der Waals surface area (Å²) in [4.78, 5) is 11.4. The molecular formula is C10H12BrN3O3. The zero-order valence-electron chi connectivity index (χ0n) is 9.11. The van der Waals surface area contributed by atoms with Crippen molar-refractivity contribution in [2.75, 3.05) is 12.4 Å². The first-order valence-corrected chi connectivity index (χ1v) is 5.46. The first kappa shape index (κ1) is 13.3. The number of carbonyl (C=O) groups is 1. The van der Waals surface area contributed by atoms with Gasteiger partial charge >= 0.3 is 0 Å². The number of methoxy groups -OCH3 is 1. The zero-order chi connectivity index (χ0) is 12.8. The Morgan fingerprint density at radius 2 is 2.35 bits per heavy atom. The lowest BCUT2D eigenvalue weighted by Gasteiger charge is -2.08. The second-order valence-electron chi connectivity index (χ2n) is 3.17. The average molecular weight is 302 g/mol. The van der Waals surface area contributed by atoms with Crippen LogP contribution in [0.1, 0.15) is 6.42 Å². The molecule has 0 fully saturated rings. The molecule has 1 amide bonds. The van der Waals surface area contributed by atoms with Crippen LogP contribution in [-0.2, 0) is 4.79 Å². The Balaban J connectivity index is 2.72. The van der Waals surface area contributed by atoms with Crippen LogP contribution in [-0.4, -0.2) is 24.1 Å². The number of nitrogens with zero attached hydrogens (tertiary/aromatic N) is 1. The van der Waals surface area contributed by atoms with E-state index in [9.17, 15) is 4.79 Å². The smallest absolute Gasteiger partial charge is 0.232 e. The molecule has 17 heavy (non-hydrogen) atoms. The van der Waals surface area contributed by atoms with Gasteiger partial charge in [-0.3, -0.25) is 4.79 Å². The quantitative estimate of drug-likeness (QED) is 0.340. The molecule has 0 aliphatic carbocycles. The van der Waals surface area contributed by atoms with Crippen molar-refractivity contribution in [3.05, 3.63) is 22.7 Å². The van der Waals surface area contributed by atoms with E-state index in [0.29, 0.717) is 11.4 Å². The maximum atomic E-state index is 11.4. The number of ether oxygens (including phenoxy) is 1. The van der Waals surface area contributed by atoms with E-state index in [4.69, 9.17) is 15.7 Å². The summed E-state index contributed by atoms with van der Waals surface area (Å²) in [7, 11) is 1.53. The first-order chi connectivity index (χ1) is 8.06. The van der Waals surface area contributed by atoms with Crippen molar-refractivity contribution in [1.82, 2.24) is 0 Å². The number of halogens is 1. The fraction of sp³-hybridized carbons (Fsp3) is 0.200. The van der Waals surface area contributed by atoms with Crippen molar-refractivity contribution in [3.8, 4) is 5.75 Å². The minimum atomic E-state index is -0.371. The van der Waals surface area contributed by atoms with Crippen molar-refractivity contribution >= 4 is 33.4 Å². The van der Waals surface area contributed by atoms with E-state index in [1.807, 2.05) is 0 Å². The molecule has 0 saturated carbocycles. The van der Waals surface area contributed by atoms with Gasteiger partial charge in [0.05, 0.1) is 18.0 Å². The molecule has 0 aliphatic rings. The lowest BCUT2D eigenvalue weighted by atomic mass is 10.3. The second-order valence-corrected chi connectivity index (χ2v) is 4.02. The predicted molar refractivity (Wildman–Crippen MR) is 67.3 cm³/mol. The Bertz CT molecular complexity index is 448. The Hall–Kier alpha value is -1.76. The highest BCUT2D eigenvalue weighted by molar-refractivity contribution is 9.10. The van der Waals surface area contributed by atoms with Crippen LogP contribution in [0.25, 0.3) is 0 Å². The fourth-order valence-corrected chi connectivity index (χ4v) is 1.55. The van der Waals surface area contributed by atoms with E-state index in [2.05, 4.69) is 26.4 Å². The van der Waals surface area contributed by atoms with E-state index >= 15 is 0 Å². The maximum absolute atomic E-state index is 11.4. The van der Waals surface area contributed by atoms with Crippen LogP contribution in [0.3, 0.4) is 0 Å². The molecule has 0 heterocycles. The van der Waals surface area contributed by atoms with Gasteiger partial charge in [-0.15, -0.1) is 0 Å². The third-order valence-electron chi connectivity index (χ3n) is 1.90. The van der Waals surface area contributed by atoms with E-state index in [0.717, 1.165) is 4.47 Å². The molecule has 0 unspecified atom stereocenters. The lowest BCUT2D eigenvalue weighted by Crippen LogP contribution is -2.21. The van der Waals surface area contributed by atoms with Crippen LogP contribution >= 0.6 is 15.9 Å². The van der Waals surface area contributed by atoms with Gasteiger partial charge in [0.2, 0.25) is 5.91 Å². The highest BCUT2D eigenvalue weighted by atomic mass is 79.9. The number of nitrogens with one attached hydrogen (secondary N) is 1. The number of anilines is 1. The third-order valence-corrected chi connectivity index (χ3v) is 2.56. The summed E-state index contributed by atoms with van der Waals surface area (Å²) < 4.78 is 5.87. The van der Waals surface area contributed by atoms with Crippen molar-refractivity contribution in [2.24, 2.45) is 10.9 Å². The standard InChI is InChI=1S/C10H12BrN3O3/c1-17-8-4-6(2-3-7(8)11)13-10(15)5-9(12)14-16/h2-4,16H,5H2,1H3,(H2,12,14)(H,13,15). The largest absolute Gasteiger partial charge is 0.495 e. The van der Waals surface area contributed by atoms with Crippen molar-refractivity contribution in [2.45, 2.75) is 6.42 Å². The summed E-state index contributed by atoms with van der Waals surface area (Å²) >= 11 is 3.30. The number of nitrogens with two attached hydrogens (primary N) is 1. The fourth-order valence-electron chi connectivity index (χ4n) is 1.14. The van der Waals surface area contributed by atoms with Gasteiger partial charge in [0, 0.05) is 11.8 Å². The Labute approximate surface area is 107 Å². The van der Waals surface area contributed by atoms with Crippen LogP contribution in [0.4, 0.5) is 5.69 Å². The predicted octanol–water partition coefficient (Wildman–Crippen LogP) is 1.53. The normalized spacial score (nSPS) is 11.1. The van der Waals surface area contributed by atoms with E-state index in [1.165, 1.54) is 7.11 Å². The van der Waals surface area contributed by atoms with Crippen LogP contribution < -0.4 is 15.8 Å². The molecule has 0 bridgehead atoms. The number of rotatable bonds is 4. The van der Waals surface area contributed by atoms with Crippen LogP contribution in [0.15, 0.2) is 27.8 Å². The van der Waals surface area contributed by atoms with Gasteiger partial charge in [-0.05, 0) is 28.1 Å². The van der Waals surface area contributed by atoms with E-state index < -0.39 is 0 Å². The molecule has 6 nitrogen and oxygen atoms in total. The number of hydrogen-bond acceptors (Lipinski definition) is 4. The number of benzene rings is 1. The van der Waals surface area contributed by atoms with Gasteiger partial charge < -0.3 is 21.0 Å². The summed E-state index contributed by atoms with van der Waals surface area (Å²) in [5, 5.41) is 13.6. The molecule has 7 heteroatoms. The van der Waals surface area contributed by atoms with E-state index in [1.54, 1.807) is 18.2 Å². The van der Waals surface area contributed by atoms with Crippen molar-refractivity contribution < 1.29 is 14.7 Å². The van der Waals surface area contributed by atoms with Gasteiger partial charge in [0.15, 0.2) is 0 Å². The molecular weight excluding hydrogens is 290 g/mol. The van der Waals surface area contributed by atoms with Gasteiger partial charge in [-0.1, -0.05) is 5.16 Å². The molecule has 0 aromatic heterocycles. The monoisotopic (exact) mass is 301 g/mol. The summed E-state index contributed by atoms with van der Waals surface area (Å²) in [6, 6.07) is 5.11. The molecule has 0 aliphatic heterocycles. The Morgan fingerprint density at radius 3 is 2.94 bits per heavy atom. The lowest BCUT2D eigenvalue weighted by molar-refractivity contribution is -0.115. The molecule has 1 aromatic rings. The van der Waals surface area contributed by atoms with Gasteiger partial charge in [0.1, 0.15) is 11.6 Å². The zero-order valence-corrected chi connectivity index (χ0v) is 10.7. The summed E-state index contributed by atoms with van der Waals surface area (Å²) in [6.45, 7) is 0.